The second kappa shape index (κ2) is 8.54. The first kappa shape index (κ1) is 21.3. The van der Waals surface area contributed by atoms with Gasteiger partial charge in [-0.1, -0.05) is 6.08 Å². The van der Waals surface area contributed by atoms with E-state index in [1.165, 1.54) is 17.8 Å². The summed E-state index contributed by atoms with van der Waals surface area (Å²) in [5.74, 6) is 0. The molecule has 3 aromatic heterocycles. The second-order valence-corrected chi connectivity index (χ2v) is 9.07. The van der Waals surface area contributed by atoms with Crippen molar-refractivity contribution in [3.63, 3.8) is 0 Å². The molecule has 1 aliphatic rings. The van der Waals surface area contributed by atoms with E-state index in [0.717, 1.165) is 25.1 Å². The minimum absolute atomic E-state index is 0.176. The van der Waals surface area contributed by atoms with Gasteiger partial charge in [0, 0.05) is 36.9 Å². The predicted octanol–water partition coefficient (Wildman–Crippen LogP) is 1.24. The quantitative estimate of drug-likeness (QED) is 0.378. The lowest BCUT2D eigenvalue weighted by Crippen LogP contribution is -2.19. The van der Waals surface area contributed by atoms with E-state index in [9.17, 15) is 8.42 Å². The lowest BCUT2D eigenvalue weighted by Gasteiger charge is -2.13. The van der Waals surface area contributed by atoms with Gasteiger partial charge in [-0.3, -0.25) is 9.97 Å². The molecule has 3 aromatic rings. The van der Waals surface area contributed by atoms with E-state index in [1.54, 1.807) is 24.5 Å². The summed E-state index contributed by atoms with van der Waals surface area (Å²) in [4.78, 5) is 33.4. The number of aromatic amines is 1. The van der Waals surface area contributed by atoms with E-state index in [0.29, 0.717) is 11.0 Å². The number of phosphoric acid groups is 1. The Labute approximate surface area is 166 Å². The molecule has 0 spiro atoms. The van der Waals surface area contributed by atoms with E-state index in [-0.39, 0.29) is 9.79 Å². The van der Waals surface area contributed by atoms with Gasteiger partial charge < -0.3 is 25.0 Å². The predicted molar refractivity (Wildman–Crippen MR) is 106 cm³/mol. The molecule has 0 saturated carbocycles. The summed E-state index contributed by atoms with van der Waals surface area (Å²) >= 11 is 0. The number of nitrogens with zero attached hydrogens (tertiary/aromatic N) is 2. The number of sulfone groups is 1. The summed E-state index contributed by atoms with van der Waals surface area (Å²) in [6.45, 7) is 1.72. The van der Waals surface area contributed by atoms with Crippen LogP contribution in [0.4, 0.5) is 0 Å². The molecule has 0 aromatic carbocycles. The summed E-state index contributed by atoms with van der Waals surface area (Å²) in [6.07, 6.45) is 9.32. The van der Waals surface area contributed by atoms with Crippen LogP contribution in [0.25, 0.3) is 16.6 Å². The summed E-state index contributed by atoms with van der Waals surface area (Å²) in [5.41, 5.74) is 3.38. The smallest absolute Gasteiger partial charge is 0.358 e. The van der Waals surface area contributed by atoms with Crippen molar-refractivity contribution in [1.29, 1.82) is 0 Å². The van der Waals surface area contributed by atoms with E-state index >= 15 is 0 Å². The summed E-state index contributed by atoms with van der Waals surface area (Å²) < 4.78 is 34.7. The van der Waals surface area contributed by atoms with E-state index < -0.39 is 17.7 Å². The monoisotopic (exact) mass is 438 g/mol. The lowest BCUT2D eigenvalue weighted by atomic mass is 10.0. The molecule has 0 bridgehead atoms. The zero-order valence-corrected chi connectivity index (χ0v) is 16.8. The Morgan fingerprint density at radius 2 is 1.90 bits per heavy atom. The minimum Gasteiger partial charge on any atom is -0.358 e. The Balaban J connectivity index is 0.000000431. The van der Waals surface area contributed by atoms with Gasteiger partial charge in [-0.15, -0.1) is 0 Å². The highest BCUT2D eigenvalue weighted by Crippen LogP contribution is 2.31. The zero-order chi connectivity index (χ0) is 21.1. The maximum atomic E-state index is 12.9. The standard InChI is InChI=1S/C17H16N4O2S.H3O4P/c22-24(23,13-2-1-6-19-10-13)15-5-9-20-16-14(11-21-17(15)16)12-3-7-18-8-4-12;1-5(2,3)4/h1-3,5-6,9-11,18,21H,4,7-8H2;(H3,1,2,3,4). The Morgan fingerprint density at radius 1 is 1.14 bits per heavy atom. The van der Waals surface area contributed by atoms with Crippen LogP contribution in [0, 0.1) is 0 Å². The molecule has 0 aliphatic carbocycles. The Hall–Kier alpha value is -2.40. The Bertz CT molecular complexity index is 1180. The molecule has 10 nitrogen and oxygen atoms in total. The highest BCUT2D eigenvalue weighted by Gasteiger charge is 2.23. The molecule has 0 fully saturated rings. The van der Waals surface area contributed by atoms with Gasteiger partial charge in [-0.2, -0.15) is 0 Å². The number of fused-ring (bicyclic) bond motifs is 1. The van der Waals surface area contributed by atoms with Gasteiger partial charge in [0.1, 0.15) is 0 Å². The third-order valence-electron chi connectivity index (χ3n) is 4.17. The van der Waals surface area contributed by atoms with Crippen LogP contribution in [0.15, 0.2) is 58.9 Å². The van der Waals surface area contributed by atoms with Gasteiger partial charge in [0.05, 0.1) is 20.8 Å². The normalized spacial score (nSPS) is 14.8. The molecule has 0 radical (unpaired) electrons. The lowest BCUT2D eigenvalue weighted by molar-refractivity contribution is 0.275. The van der Waals surface area contributed by atoms with Gasteiger partial charge in [0.25, 0.3) is 0 Å². The SMILES string of the molecule is O=P(O)(O)O.O=S(=O)(c1cccnc1)c1ccnc2c(C3=CCNCC3)c[nH]c12. The third-order valence-corrected chi connectivity index (χ3v) is 5.95. The first-order chi connectivity index (χ1) is 13.7. The van der Waals surface area contributed by atoms with Gasteiger partial charge in [0.15, 0.2) is 0 Å². The fourth-order valence-electron chi connectivity index (χ4n) is 2.97. The van der Waals surface area contributed by atoms with E-state index in [4.69, 9.17) is 19.2 Å². The molecular formula is C17H19N4O6PS. The van der Waals surface area contributed by atoms with Gasteiger partial charge in [0.2, 0.25) is 9.84 Å². The minimum atomic E-state index is -4.64. The van der Waals surface area contributed by atoms with Crippen molar-refractivity contribution in [2.24, 2.45) is 0 Å². The molecule has 4 heterocycles. The van der Waals surface area contributed by atoms with Crippen LogP contribution in [0.2, 0.25) is 0 Å². The molecule has 0 amide bonds. The molecule has 1 aliphatic heterocycles. The van der Waals surface area contributed by atoms with Crippen LogP contribution in [-0.2, 0) is 14.4 Å². The van der Waals surface area contributed by atoms with Crippen LogP contribution in [0.1, 0.15) is 12.0 Å². The topological polar surface area (TPSA) is 166 Å². The van der Waals surface area contributed by atoms with Crippen LogP contribution in [-0.4, -0.2) is 51.1 Å². The molecule has 29 heavy (non-hydrogen) atoms. The summed E-state index contributed by atoms with van der Waals surface area (Å²) in [6, 6.07) is 4.70. The first-order valence-corrected chi connectivity index (χ1v) is 11.5. The molecular weight excluding hydrogens is 419 g/mol. The van der Waals surface area contributed by atoms with Crippen molar-refractivity contribution in [3.05, 3.63) is 54.6 Å². The third kappa shape index (κ3) is 5.15. The Morgan fingerprint density at radius 3 is 2.52 bits per heavy atom. The second-order valence-electron chi connectivity index (χ2n) is 6.12. The molecule has 4 rings (SSSR count). The van der Waals surface area contributed by atoms with Crippen LogP contribution in [0.3, 0.4) is 0 Å². The Kier molecular flexibility index (Phi) is 6.27. The van der Waals surface area contributed by atoms with Crippen LogP contribution in [0.5, 0.6) is 0 Å². The zero-order valence-electron chi connectivity index (χ0n) is 15.1. The molecule has 12 heteroatoms. The van der Waals surface area contributed by atoms with Crippen LogP contribution < -0.4 is 5.32 Å². The fourth-order valence-corrected chi connectivity index (χ4v) is 4.35. The fraction of sp³-hybridized carbons (Fsp3) is 0.176. The maximum Gasteiger partial charge on any atom is 0.466 e. The van der Waals surface area contributed by atoms with Crippen molar-refractivity contribution in [2.75, 3.05) is 13.1 Å². The van der Waals surface area contributed by atoms with Crippen molar-refractivity contribution in [3.8, 4) is 0 Å². The van der Waals surface area contributed by atoms with Crippen molar-refractivity contribution < 1.29 is 27.7 Å². The number of hydrogen-bond donors (Lipinski definition) is 5. The number of H-pyrrole nitrogens is 1. The highest BCUT2D eigenvalue weighted by atomic mass is 32.2. The molecule has 5 N–H and O–H groups in total. The molecule has 0 unspecified atom stereocenters. The average Bonchev–Trinajstić information content (AvgIpc) is 3.12. The maximum absolute atomic E-state index is 12.9. The van der Waals surface area contributed by atoms with Crippen molar-refractivity contribution in [1.82, 2.24) is 20.3 Å². The van der Waals surface area contributed by atoms with Crippen LogP contribution >= 0.6 is 7.82 Å². The van der Waals surface area contributed by atoms with Gasteiger partial charge >= 0.3 is 7.82 Å². The van der Waals surface area contributed by atoms with Gasteiger partial charge in [-0.25, -0.2) is 13.0 Å². The van der Waals surface area contributed by atoms with Crippen molar-refractivity contribution in [2.45, 2.75) is 16.2 Å². The summed E-state index contributed by atoms with van der Waals surface area (Å²) in [7, 11) is -8.29. The molecule has 0 saturated heterocycles. The van der Waals surface area contributed by atoms with Gasteiger partial charge in [-0.05, 0) is 36.7 Å². The molecule has 0 atom stereocenters. The van der Waals surface area contributed by atoms with E-state index in [2.05, 4.69) is 26.3 Å². The highest BCUT2D eigenvalue weighted by molar-refractivity contribution is 7.91. The number of aromatic nitrogens is 3. The van der Waals surface area contributed by atoms with Crippen molar-refractivity contribution >= 4 is 34.3 Å². The largest absolute Gasteiger partial charge is 0.466 e. The number of hydrogen-bond acceptors (Lipinski definition) is 6. The number of rotatable bonds is 3. The number of pyridine rings is 2. The average molecular weight is 438 g/mol. The number of nitrogens with one attached hydrogen (secondary N) is 2. The molecule has 154 valence electrons. The first-order valence-electron chi connectivity index (χ1n) is 8.47. The summed E-state index contributed by atoms with van der Waals surface area (Å²) in [5, 5.41) is 3.27. The van der Waals surface area contributed by atoms with E-state index in [1.807, 2.05) is 6.20 Å².